The minimum absolute atomic E-state index is 0.205. The molecule has 16 heavy (non-hydrogen) atoms. The van der Waals surface area contributed by atoms with Crippen molar-refractivity contribution >= 4 is 11.6 Å². The van der Waals surface area contributed by atoms with Gasteiger partial charge in [0.15, 0.2) is 0 Å². The minimum atomic E-state index is -0.229. The highest BCUT2D eigenvalue weighted by atomic mass is 35.5. The molecule has 0 spiro atoms. The minimum Gasteiger partial charge on any atom is -0.291 e. The molecule has 0 aliphatic carbocycles. The molecule has 0 saturated heterocycles. The Morgan fingerprint density at radius 1 is 1.44 bits per heavy atom. The average molecular weight is 239 g/mol. The number of rotatable bonds is 2. The van der Waals surface area contributed by atoms with Gasteiger partial charge in [-0.25, -0.2) is 9.67 Å². The summed E-state index contributed by atoms with van der Waals surface area (Å²) >= 11 is 5.66. The van der Waals surface area contributed by atoms with Crippen LogP contribution in [0.2, 0.25) is 0 Å². The van der Waals surface area contributed by atoms with Crippen molar-refractivity contribution in [3.63, 3.8) is 0 Å². The van der Waals surface area contributed by atoms with Gasteiger partial charge in [-0.3, -0.25) is 9.78 Å². The number of aromatic nitrogens is 4. The lowest BCUT2D eigenvalue weighted by atomic mass is 10.4. The van der Waals surface area contributed by atoms with Gasteiger partial charge < -0.3 is 0 Å². The fourth-order valence-electron chi connectivity index (χ4n) is 1.51. The van der Waals surface area contributed by atoms with Crippen LogP contribution in [0.5, 0.6) is 0 Å². The standard InChI is InChI=1S/C10H11ClN4O/c1-6-3-7(2)15(14-6)10-12-8(5-11)4-9(16)13-10/h3-4H,5H2,1-2H3,(H,12,13,16). The quantitative estimate of drug-likeness (QED) is 0.803. The van der Waals surface area contributed by atoms with Gasteiger partial charge in [0.05, 0.1) is 17.3 Å². The van der Waals surface area contributed by atoms with E-state index in [-0.39, 0.29) is 11.4 Å². The molecule has 0 radical (unpaired) electrons. The summed E-state index contributed by atoms with van der Waals surface area (Å²) in [4.78, 5) is 18.2. The van der Waals surface area contributed by atoms with Gasteiger partial charge in [-0.15, -0.1) is 11.6 Å². The summed E-state index contributed by atoms with van der Waals surface area (Å²) in [6.45, 7) is 3.78. The summed E-state index contributed by atoms with van der Waals surface area (Å²) in [5.41, 5.74) is 2.09. The molecule has 6 heteroatoms. The first-order chi connectivity index (χ1) is 7.60. The Kier molecular flexibility index (Phi) is 2.78. The van der Waals surface area contributed by atoms with E-state index in [0.717, 1.165) is 11.4 Å². The van der Waals surface area contributed by atoms with E-state index in [4.69, 9.17) is 11.6 Å². The lowest BCUT2D eigenvalue weighted by Gasteiger charge is -2.03. The van der Waals surface area contributed by atoms with Gasteiger partial charge in [-0.05, 0) is 19.9 Å². The normalized spacial score (nSPS) is 10.7. The highest BCUT2D eigenvalue weighted by Crippen LogP contribution is 2.07. The van der Waals surface area contributed by atoms with Gasteiger partial charge >= 0.3 is 0 Å². The number of aryl methyl sites for hydroxylation is 2. The van der Waals surface area contributed by atoms with E-state index in [0.29, 0.717) is 11.6 Å². The fraction of sp³-hybridized carbons (Fsp3) is 0.300. The molecule has 0 saturated carbocycles. The summed E-state index contributed by atoms with van der Waals surface area (Å²) in [7, 11) is 0. The van der Waals surface area contributed by atoms with Crippen LogP contribution >= 0.6 is 11.6 Å². The number of alkyl halides is 1. The summed E-state index contributed by atoms with van der Waals surface area (Å²) in [5.74, 6) is 0.602. The zero-order valence-electron chi connectivity index (χ0n) is 8.99. The molecular weight excluding hydrogens is 228 g/mol. The Labute approximate surface area is 97.1 Å². The van der Waals surface area contributed by atoms with Crippen molar-refractivity contribution in [2.45, 2.75) is 19.7 Å². The third-order valence-electron chi connectivity index (χ3n) is 2.13. The summed E-state index contributed by atoms with van der Waals surface area (Å²) in [6.07, 6.45) is 0. The van der Waals surface area contributed by atoms with Gasteiger partial charge in [-0.2, -0.15) is 5.10 Å². The Morgan fingerprint density at radius 2 is 2.19 bits per heavy atom. The van der Waals surface area contributed by atoms with Crippen molar-refractivity contribution in [1.29, 1.82) is 0 Å². The van der Waals surface area contributed by atoms with E-state index >= 15 is 0 Å². The molecule has 0 fully saturated rings. The second-order valence-electron chi connectivity index (χ2n) is 3.53. The molecule has 2 heterocycles. The maximum absolute atomic E-state index is 11.4. The molecule has 0 aliphatic rings. The molecule has 2 aromatic rings. The van der Waals surface area contributed by atoms with E-state index in [1.807, 2.05) is 19.9 Å². The van der Waals surface area contributed by atoms with E-state index in [9.17, 15) is 4.79 Å². The maximum atomic E-state index is 11.4. The lowest BCUT2D eigenvalue weighted by molar-refractivity contribution is 0.761. The second-order valence-corrected chi connectivity index (χ2v) is 3.80. The lowest BCUT2D eigenvalue weighted by Crippen LogP contribution is -2.15. The van der Waals surface area contributed by atoms with Crippen LogP contribution in [0, 0.1) is 13.8 Å². The number of nitrogens with zero attached hydrogens (tertiary/aromatic N) is 3. The summed E-state index contributed by atoms with van der Waals surface area (Å²) in [5, 5.41) is 4.24. The Bertz CT molecular complexity index is 572. The highest BCUT2D eigenvalue weighted by molar-refractivity contribution is 6.16. The van der Waals surface area contributed by atoms with E-state index in [1.165, 1.54) is 6.07 Å². The fourth-order valence-corrected chi connectivity index (χ4v) is 1.64. The molecule has 0 aromatic carbocycles. The number of hydrogen-bond donors (Lipinski definition) is 1. The second kappa shape index (κ2) is 4.09. The molecule has 0 atom stereocenters. The van der Waals surface area contributed by atoms with Crippen LogP contribution in [0.25, 0.3) is 5.95 Å². The molecule has 0 unspecified atom stereocenters. The molecule has 5 nitrogen and oxygen atoms in total. The van der Waals surface area contributed by atoms with Crippen LogP contribution in [0.4, 0.5) is 0 Å². The van der Waals surface area contributed by atoms with Gasteiger partial charge in [0.25, 0.3) is 5.56 Å². The third-order valence-corrected chi connectivity index (χ3v) is 2.40. The van der Waals surface area contributed by atoms with E-state index in [1.54, 1.807) is 4.68 Å². The predicted octanol–water partition coefficient (Wildman–Crippen LogP) is 1.31. The smallest absolute Gasteiger partial charge is 0.252 e. The van der Waals surface area contributed by atoms with Crippen LogP contribution in [0.15, 0.2) is 16.9 Å². The predicted molar refractivity (Wildman–Crippen MR) is 61.0 cm³/mol. The van der Waals surface area contributed by atoms with Gasteiger partial charge in [0.1, 0.15) is 0 Å². The molecule has 2 aromatic heterocycles. The molecular formula is C10H11ClN4O. The van der Waals surface area contributed by atoms with Crippen molar-refractivity contribution in [1.82, 2.24) is 19.7 Å². The number of hydrogen-bond acceptors (Lipinski definition) is 3. The van der Waals surface area contributed by atoms with Crippen LogP contribution in [0.3, 0.4) is 0 Å². The summed E-state index contributed by atoms with van der Waals surface area (Å²) < 4.78 is 1.59. The van der Waals surface area contributed by atoms with Gasteiger partial charge in [0, 0.05) is 11.8 Å². The first-order valence-corrected chi connectivity index (χ1v) is 5.33. The third kappa shape index (κ3) is 1.99. The van der Waals surface area contributed by atoms with Gasteiger partial charge in [0.2, 0.25) is 5.95 Å². The number of aromatic amines is 1. The summed E-state index contributed by atoms with van der Waals surface area (Å²) in [6, 6.07) is 3.29. The first kappa shape index (κ1) is 10.9. The SMILES string of the molecule is Cc1cc(C)n(-c2nc(CCl)cc(=O)[nH]2)n1. The topological polar surface area (TPSA) is 63.6 Å². The van der Waals surface area contributed by atoms with Crippen LogP contribution in [-0.4, -0.2) is 19.7 Å². The van der Waals surface area contributed by atoms with Crippen LogP contribution in [-0.2, 0) is 5.88 Å². The van der Waals surface area contributed by atoms with E-state index in [2.05, 4.69) is 15.1 Å². The number of H-pyrrole nitrogens is 1. The molecule has 0 amide bonds. The monoisotopic (exact) mass is 238 g/mol. The van der Waals surface area contributed by atoms with Crippen LogP contribution < -0.4 is 5.56 Å². The first-order valence-electron chi connectivity index (χ1n) is 4.80. The van der Waals surface area contributed by atoms with Crippen molar-refractivity contribution in [3.8, 4) is 5.95 Å². The van der Waals surface area contributed by atoms with Gasteiger partial charge in [-0.1, -0.05) is 0 Å². The molecule has 0 bridgehead atoms. The average Bonchev–Trinajstić information content (AvgIpc) is 2.57. The molecule has 1 N–H and O–H groups in total. The highest BCUT2D eigenvalue weighted by Gasteiger charge is 2.07. The largest absolute Gasteiger partial charge is 0.291 e. The van der Waals surface area contributed by atoms with Crippen molar-refractivity contribution in [2.24, 2.45) is 0 Å². The molecule has 84 valence electrons. The Morgan fingerprint density at radius 3 is 2.75 bits per heavy atom. The van der Waals surface area contributed by atoms with Crippen molar-refractivity contribution in [2.75, 3.05) is 0 Å². The number of nitrogens with one attached hydrogen (secondary N) is 1. The molecule has 0 aliphatic heterocycles. The Hall–Kier alpha value is -1.62. The molecule has 2 rings (SSSR count). The maximum Gasteiger partial charge on any atom is 0.252 e. The van der Waals surface area contributed by atoms with Crippen LogP contribution in [0.1, 0.15) is 17.1 Å². The van der Waals surface area contributed by atoms with Crippen molar-refractivity contribution < 1.29 is 0 Å². The zero-order chi connectivity index (χ0) is 11.7. The van der Waals surface area contributed by atoms with E-state index < -0.39 is 0 Å². The number of halogens is 1. The Balaban J connectivity index is 2.59. The zero-order valence-corrected chi connectivity index (χ0v) is 9.75. The van der Waals surface area contributed by atoms with Crippen molar-refractivity contribution in [3.05, 3.63) is 39.6 Å².